The molecule has 0 saturated carbocycles. The van der Waals surface area contributed by atoms with E-state index in [9.17, 15) is 0 Å². The lowest BCUT2D eigenvalue weighted by Crippen LogP contribution is -2.08. The summed E-state index contributed by atoms with van der Waals surface area (Å²) in [6.45, 7) is 5.99. The van der Waals surface area contributed by atoms with Crippen LogP contribution in [0.3, 0.4) is 0 Å². The highest BCUT2D eigenvalue weighted by Gasteiger charge is 2.15. The van der Waals surface area contributed by atoms with Crippen LogP contribution in [-0.2, 0) is 0 Å². The summed E-state index contributed by atoms with van der Waals surface area (Å²) in [5, 5.41) is 6.63. The number of nitrogens with one attached hydrogen (secondary N) is 1. The van der Waals surface area contributed by atoms with Crippen LogP contribution < -0.4 is 5.32 Å². The smallest absolute Gasteiger partial charge is 0.225 e. The molecule has 3 rings (SSSR count). The van der Waals surface area contributed by atoms with Crippen molar-refractivity contribution < 1.29 is 4.42 Å². The van der Waals surface area contributed by atoms with Gasteiger partial charge in [-0.1, -0.05) is 0 Å². The van der Waals surface area contributed by atoms with Gasteiger partial charge in [-0.3, -0.25) is 0 Å². The Hall–Kier alpha value is -1.59. The lowest BCUT2D eigenvalue weighted by Gasteiger charge is -2.14. The van der Waals surface area contributed by atoms with E-state index in [0.29, 0.717) is 0 Å². The number of hydrogen-bond donors (Lipinski definition) is 1. The van der Waals surface area contributed by atoms with Crippen LogP contribution in [0, 0.1) is 13.8 Å². The fraction of sp³-hybridized carbons (Fsp3) is 0.286. The average molecular weight is 308 g/mol. The van der Waals surface area contributed by atoms with Gasteiger partial charge in [0.1, 0.15) is 22.2 Å². The minimum atomic E-state index is 0.0847. The van der Waals surface area contributed by atoms with Crippen molar-refractivity contribution in [2.45, 2.75) is 26.8 Å². The summed E-state index contributed by atoms with van der Waals surface area (Å²) in [6, 6.07) is 4.13. The summed E-state index contributed by atoms with van der Waals surface area (Å²) < 4.78 is 5.57. The number of halogens is 1. The van der Waals surface area contributed by atoms with E-state index in [0.717, 1.165) is 33.1 Å². The Morgan fingerprint density at radius 2 is 2.15 bits per heavy atom. The van der Waals surface area contributed by atoms with Crippen molar-refractivity contribution in [3.63, 3.8) is 0 Å². The van der Waals surface area contributed by atoms with Gasteiger partial charge in [-0.25, -0.2) is 9.97 Å². The van der Waals surface area contributed by atoms with E-state index >= 15 is 0 Å². The van der Waals surface area contributed by atoms with Crippen LogP contribution in [0.1, 0.15) is 30.0 Å². The number of aryl methyl sites for hydroxylation is 2. The Kier molecular flexibility index (Phi) is 3.40. The predicted octanol–water partition coefficient (Wildman–Crippen LogP) is 4.73. The van der Waals surface area contributed by atoms with Crippen LogP contribution in [0.15, 0.2) is 21.9 Å². The first-order valence-corrected chi connectivity index (χ1v) is 7.54. The first-order chi connectivity index (χ1) is 9.54. The first kappa shape index (κ1) is 13.4. The molecule has 6 heteroatoms. The van der Waals surface area contributed by atoms with E-state index in [1.54, 1.807) is 11.3 Å². The summed E-state index contributed by atoms with van der Waals surface area (Å²) in [5.41, 5.74) is 1.13. The molecular formula is C14H14ClN3OS. The monoisotopic (exact) mass is 307 g/mol. The van der Waals surface area contributed by atoms with E-state index in [4.69, 9.17) is 16.0 Å². The van der Waals surface area contributed by atoms with Gasteiger partial charge in [-0.2, -0.15) is 0 Å². The standard InChI is InChI=1S/C14H14ClN3OS/c1-7-6-11(9(3)19-7)8(2)16-12-10-4-5-20-13(10)18-14(15)17-12/h4-6,8H,1-3H3,(H,16,17,18). The number of rotatable bonds is 3. The predicted molar refractivity (Wildman–Crippen MR) is 82.6 cm³/mol. The van der Waals surface area contributed by atoms with Gasteiger partial charge in [0.15, 0.2) is 0 Å². The Labute approximate surface area is 125 Å². The zero-order chi connectivity index (χ0) is 14.3. The summed E-state index contributed by atoms with van der Waals surface area (Å²) >= 11 is 7.52. The zero-order valence-corrected chi connectivity index (χ0v) is 13.0. The molecule has 3 aromatic heterocycles. The molecule has 3 aromatic rings. The normalized spacial score (nSPS) is 12.8. The largest absolute Gasteiger partial charge is 0.466 e. The molecule has 1 atom stereocenters. The van der Waals surface area contributed by atoms with E-state index in [1.807, 2.05) is 31.4 Å². The van der Waals surface area contributed by atoms with Crippen LogP contribution in [0.2, 0.25) is 5.28 Å². The van der Waals surface area contributed by atoms with Crippen molar-refractivity contribution in [3.8, 4) is 0 Å². The van der Waals surface area contributed by atoms with E-state index in [1.165, 1.54) is 0 Å². The molecule has 0 aromatic carbocycles. The van der Waals surface area contributed by atoms with Gasteiger partial charge in [-0.05, 0) is 49.9 Å². The van der Waals surface area contributed by atoms with Gasteiger partial charge in [0.2, 0.25) is 5.28 Å². The third kappa shape index (κ3) is 2.39. The fourth-order valence-corrected chi connectivity index (χ4v) is 3.29. The van der Waals surface area contributed by atoms with Gasteiger partial charge in [-0.15, -0.1) is 11.3 Å². The molecule has 104 valence electrons. The number of aromatic nitrogens is 2. The highest BCUT2D eigenvalue weighted by atomic mass is 35.5. The maximum Gasteiger partial charge on any atom is 0.225 e. The SMILES string of the molecule is Cc1cc(C(C)Nc2nc(Cl)nc3sccc23)c(C)o1. The lowest BCUT2D eigenvalue weighted by atomic mass is 10.1. The number of hydrogen-bond acceptors (Lipinski definition) is 5. The molecule has 20 heavy (non-hydrogen) atoms. The number of furan rings is 1. The lowest BCUT2D eigenvalue weighted by molar-refractivity contribution is 0.500. The molecule has 4 nitrogen and oxygen atoms in total. The first-order valence-electron chi connectivity index (χ1n) is 6.29. The summed E-state index contributed by atoms with van der Waals surface area (Å²) in [5.74, 6) is 2.59. The highest BCUT2D eigenvalue weighted by Crippen LogP contribution is 2.30. The molecule has 0 saturated heterocycles. The third-order valence-corrected chi connectivity index (χ3v) is 4.17. The van der Waals surface area contributed by atoms with Crippen LogP contribution >= 0.6 is 22.9 Å². The number of thiophene rings is 1. The topological polar surface area (TPSA) is 51.0 Å². The second-order valence-corrected chi connectivity index (χ2v) is 5.95. The van der Waals surface area contributed by atoms with Crippen molar-refractivity contribution in [2.24, 2.45) is 0 Å². The number of nitrogens with zero attached hydrogens (tertiary/aromatic N) is 2. The molecule has 0 fully saturated rings. The summed E-state index contributed by atoms with van der Waals surface area (Å²) in [7, 11) is 0. The van der Waals surface area contributed by atoms with Crippen molar-refractivity contribution >= 4 is 39.0 Å². The molecule has 1 unspecified atom stereocenters. The molecular weight excluding hydrogens is 294 g/mol. The fourth-order valence-electron chi connectivity index (χ4n) is 2.30. The van der Waals surface area contributed by atoms with Crippen LogP contribution in [0.25, 0.3) is 10.2 Å². The van der Waals surface area contributed by atoms with Crippen molar-refractivity contribution in [3.05, 3.63) is 39.9 Å². The average Bonchev–Trinajstić information content (AvgIpc) is 2.95. The number of anilines is 1. The van der Waals surface area contributed by atoms with Gasteiger partial charge >= 0.3 is 0 Å². The van der Waals surface area contributed by atoms with Crippen LogP contribution in [0.5, 0.6) is 0 Å². The molecule has 0 spiro atoms. The van der Waals surface area contributed by atoms with Gasteiger partial charge in [0.25, 0.3) is 0 Å². The van der Waals surface area contributed by atoms with Crippen molar-refractivity contribution in [1.82, 2.24) is 9.97 Å². The molecule has 0 aliphatic rings. The highest BCUT2D eigenvalue weighted by molar-refractivity contribution is 7.16. The van der Waals surface area contributed by atoms with Gasteiger partial charge in [0.05, 0.1) is 11.4 Å². The zero-order valence-electron chi connectivity index (χ0n) is 11.4. The van der Waals surface area contributed by atoms with Gasteiger partial charge in [0, 0.05) is 5.56 Å². The minimum absolute atomic E-state index is 0.0847. The van der Waals surface area contributed by atoms with Crippen molar-refractivity contribution in [2.75, 3.05) is 5.32 Å². The Bertz CT molecular complexity index is 765. The maximum atomic E-state index is 5.97. The van der Waals surface area contributed by atoms with Crippen molar-refractivity contribution in [1.29, 1.82) is 0 Å². The Balaban J connectivity index is 1.96. The van der Waals surface area contributed by atoms with E-state index < -0.39 is 0 Å². The molecule has 0 bridgehead atoms. The molecule has 0 aliphatic heterocycles. The van der Waals surface area contributed by atoms with E-state index in [-0.39, 0.29) is 11.3 Å². The summed E-state index contributed by atoms with van der Waals surface area (Å²) in [6.07, 6.45) is 0. The van der Waals surface area contributed by atoms with Crippen LogP contribution in [-0.4, -0.2) is 9.97 Å². The number of fused-ring (bicyclic) bond motifs is 1. The Morgan fingerprint density at radius 3 is 2.85 bits per heavy atom. The molecule has 0 radical (unpaired) electrons. The summed E-state index contributed by atoms with van der Waals surface area (Å²) in [4.78, 5) is 9.40. The molecule has 1 N–H and O–H groups in total. The minimum Gasteiger partial charge on any atom is -0.466 e. The molecule has 0 aliphatic carbocycles. The quantitative estimate of drug-likeness (QED) is 0.711. The van der Waals surface area contributed by atoms with Gasteiger partial charge < -0.3 is 9.73 Å². The third-order valence-electron chi connectivity index (χ3n) is 3.20. The second-order valence-electron chi connectivity index (χ2n) is 4.72. The van der Waals surface area contributed by atoms with Crippen LogP contribution in [0.4, 0.5) is 5.82 Å². The maximum absolute atomic E-state index is 5.97. The molecule has 0 amide bonds. The Morgan fingerprint density at radius 1 is 1.35 bits per heavy atom. The second kappa shape index (κ2) is 5.07. The van der Waals surface area contributed by atoms with E-state index in [2.05, 4.69) is 22.2 Å². The molecule has 3 heterocycles.